The highest BCUT2D eigenvalue weighted by Gasteiger charge is 2.58. The van der Waals surface area contributed by atoms with Crippen molar-refractivity contribution in [1.29, 1.82) is 0 Å². The first kappa shape index (κ1) is 14.1. The Bertz CT molecular complexity index is 658. The van der Waals surface area contributed by atoms with Crippen LogP contribution in [0.3, 0.4) is 0 Å². The number of nitrogens with one attached hydrogen (secondary N) is 2. The zero-order valence-corrected chi connectivity index (χ0v) is 11.6. The molecule has 1 aliphatic heterocycles. The molecular formula is C15H12ClF3N2. The molecule has 2 N–H and O–H groups in total. The van der Waals surface area contributed by atoms with Crippen molar-refractivity contribution in [2.24, 2.45) is 0 Å². The van der Waals surface area contributed by atoms with Gasteiger partial charge in [0.25, 0.3) is 0 Å². The fourth-order valence-electron chi connectivity index (χ4n) is 2.45. The van der Waals surface area contributed by atoms with E-state index >= 15 is 0 Å². The van der Waals surface area contributed by atoms with Gasteiger partial charge in [0.1, 0.15) is 0 Å². The second kappa shape index (κ2) is 4.84. The van der Waals surface area contributed by atoms with Gasteiger partial charge < -0.3 is 10.6 Å². The monoisotopic (exact) mass is 312 g/mol. The van der Waals surface area contributed by atoms with Gasteiger partial charge in [-0.2, -0.15) is 13.2 Å². The number of rotatable bonds is 2. The van der Waals surface area contributed by atoms with Gasteiger partial charge >= 0.3 is 6.18 Å². The van der Waals surface area contributed by atoms with E-state index in [9.17, 15) is 13.2 Å². The zero-order chi connectivity index (χ0) is 15.1. The highest BCUT2D eigenvalue weighted by Crippen LogP contribution is 2.45. The summed E-state index contributed by atoms with van der Waals surface area (Å²) in [6.45, 7) is 0. The first-order valence-corrected chi connectivity index (χ1v) is 6.74. The van der Waals surface area contributed by atoms with Crippen LogP contribution in [0.1, 0.15) is 5.56 Å². The van der Waals surface area contributed by atoms with Gasteiger partial charge in [0, 0.05) is 11.4 Å². The quantitative estimate of drug-likeness (QED) is 0.841. The van der Waals surface area contributed by atoms with Crippen LogP contribution in [0.25, 0.3) is 0 Å². The van der Waals surface area contributed by atoms with Crippen LogP contribution in [0.4, 0.5) is 24.5 Å². The minimum absolute atomic E-state index is 0.219. The van der Waals surface area contributed by atoms with E-state index in [2.05, 4.69) is 10.6 Å². The van der Waals surface area contributed by atoms with Crippen LogP contribution in [0.15, 0.2) is 48.5 Å². The molecule has 6 heteroatoms. The second-order valence-electron chi connectivity index (χ2n) is 5.01. The van der Waals surface area contributed by atoms with Crippen molar-refractivity contribution >= 4 is 23.0 Å². The van der Waals surface area contributed by atoms with Crippen molar-refractivity contribution in [2.45, 2.75) is 18.3 Å². The molecule has 21 heavy (non-hydrogen) atoms. The summed E-state index contributed by atoms with van der Waals surface area (Å²) in [6.07, 6.45) is -4.68. The normalized spacial score (nSPS) is 20.6. The Morgan fingerprint density at radius 1 is 0.952 bits per heavy atom. The first-order chi connectivity index (χ1) is 9.90. The van der Waals surface area contributed by atoms with Gasteiger partial charge in [-0.05, 0) is 23.8 Å². The lowest BCUT2D eigenvalue weighted by molar-refractivity contribution is -0.169. The molecule has 1 aliphatic rings. The number of fused-ring (bicyclic) bond motifs is 1. The lowest BCUT2D eigenvalue weighted by Crippen LogP contribution is -2.56. The van der Waals surface area contributed by atoms with Gasteiger partial charge in [0.2, 0.25) is 5.66 Å². The fourth-order valence-corrected chi connectivity index (χ4v) is 2.62. The van der Waals surface area contributed by atoms with E-state index in [-0.39, 0.29) is 6.42 Å². The van der Waals surface area contributed by atoms with E-state index in [0.717, 1.165) is 0 Å². The van der Waals surface area contributed by atoms with Crippen molar-refractivity contribution < 1.29 is 13.2 Å². The van der Waals surface area contributed by atoms with E-state index in [1.54, 1.807) is 42.5 Å². The van der Waals surface area contributed by atoms with Crippen molar-refractivity contribution in [3.63, 3.8) is 0 Å². The van der Waals surface area contributed by atoms with Crippen molar-refractivity contribution in [3.05, 3.63) is 59.1 Å². The number of hydrogen-bond acceptors (Lipinski definition) is 2. The minimum atomic E-state index is -4.46. The largest absolute Gasteiger partial charge is 0.430 e. The molecule has 0 saturated heterocycles. The Hall–Kier alpha value is -1.88. The maximum Gasteiger partial charge on any atom is 0.430 e. The Morgan fingerprint density at radius 3 is 2.29 bits per heavy atom. The highest BCUT2D eigenvalue weighted by atomic mass is 35.5. The molecule has 0 bridgehead atoms. The van der Waals surface area contributed by atoms with Crippen molar-refractivity contribution in [1.82, 2.24) is 0 Å². The summed E-state index contributed by atoms with van der Waals surface area (Å²) in [5.74, 6) is 0. The molecule has 110 valence electrons. The van der Waals surface area contributed by atoms with Crippen molar-refractivity contribution in [3.8, 4) is 0 Å². The molecule has 0 saturated carbocycles. The summed E-state index contributed by atoms with van der Waals surface area (Å²) >= 11 is 5.84. The Labute approximate surface area is 124 Å². The van der Waals surface area contributed by atoms with E-state index in [4.69, 9.17) is 11.6 Å². The molecule has 1 atom stereocenters. The molecule has 2 aromatic rings. The fraction of sp³-hybridized carbons (Fsp3) is 0.200. The Morgan fingerprint density at radius 2 is 1.62 bits per heavy atom. The second-order valence-corrected chi connectivity index (χ2v) is 5.44. The molecule has 0 amide bonds. The highest BCUT2D eigenvalue weighted by molar-refractivity contribution is 6.31. The maximum absolute atomic E-state index is 13.6. The van der Waals surface area contributed by atoms with E-state index in [1.807, 2.05) is 0 Å². The predicted octanol–water partition coefficient (Wildman–Crippen LogP) is 4.68. The maximum atomic E-state index is 13.6. The summed E-state index contributed by atoms with van der Waals surface area (Å²) in [5, 5.41) is 5.52. The van der Waals surface area contributed by atoms with Crippen LogP contribution in [0.2, 0.25) is 5.02 Å². The third-order valence-corrected chi connectivity index (χ3v) is 3.71. The molecule has 0 spiro atoms. The van der Waals surface area contributed by atoms with Gasteiger partial charge in [0.15, 0.2) is 0 Å². The van der Waals surface area contributed by atoms with E-state index < -0.39 is 11.8 Å². The van der Waals surface area contributed by atoms with Gasteiger partial charge in [-0.1, -0.05) is 41.9 Å². The Kier molecular flexibility index (Phi) is 3.24. The van der Waals surface area contributed by atoms with Crippen LogP contribution in [-0.2, 0) is 6.42 Å². The van der Waals surface area contributed by atoms with Crippen LogP contribution in [0, 0.1) is 0 Å². The zero-order valence-electron chi connectivity index (χ0n) is 10.8. The minimum Gasteiger partial charge on any atom is -0.353 e. The first-order valence-electron chi connectivity index (χ1n) is 6.36. The Balaban J connectivity index is 1.98. The average molecular weight is 313 g/mol. The molecule has 3 rings (SSSR count). The summed E-state index contributed by atoms with van der Waals surface area (Å²) in [4.78, 5) is 0. The van der Waals surface area contributed by atoms with Gasteiger partial charge in [-0.3, -0.25) is 0 Å². The number of hydrogen-bond donors (Lipinski definition) is 2. The lowest BCUT2D eigenvalue weighted by Gasteiger charge is -2.33. The molecule has 0 aliphatic carbocycles. The van der Waals surface area contributed by atoms with Gasteiger partial charge in [-0.25, -0.2) is 0 Å². The molecule has 0 radical (unpaired) electrons. The standard InChI is InChI=1S/C15H12ClF3N2/c16-11-6-7-12-13(8-11)21-14(20-12,15(17,18)19)9-10-4-2-1-3-5-10/h1-8,20-21H,9H2. The van der Waals surface area contributed by atoms with E-state index in [1.165, 1.54) is 6.07 Å². The number of anilines is 2. The summed E-state index contributed by atoms with van der Waals surface area (Å²) in [7, 11) is 0. The molecular weight excluding hydrogens is 301 g/mol. The number of benzene rings is 2. The smallest absolute Gasteiger partial charge is 0.353 e. The molecule has 1 unspecified atom stereocenters. The van der Waals surface area contributed by atoms with Crippen molar-refractivity contribution in [2.75, 3.05) is 10.6 Å². The van der Waals surface area contributed by atoms with Crippen LogP contribution in [-0.4, -0.2) is 11.8 Å². The number of alkyl halides is 3. The van der Waals surface area contributed by atoms with E-state index in [0.29, 0.717) is 22.0 Å². The SMILES string of the molecule is FC(F)(F)C1(Cc2ccccc2)Nc2ccc(Cl)cc2N1. The average Bonchev–Trinajstić information content (AvgIpc) is 2.78. The van der Waals surface area contributed by atoms with Crippen LogP contribution in [0.5, 0.6) is 0 Å². The predicted molar refractivity (Wildman–Crippen MR) is 77.6 cm³/mol. The molecule has 1 heterocycles. The van der Waals surface area contributed by atoms with Crippen LogP contribution >= 0.6 is 11.6 Å². The third-order valence-electron chi connectivity index (χ3n) is 3.47. The van der Waals surface area contributed by atoms with Crippen LogP contribution < -0.4 is 10.6 Å². The van der Waals surface area contributed by atoms with Gasteiger partial charge in [-0.15, -0.1) is 0 Å². The molecule has 2 aromatic carbocycles. The third kappa shape index (κ3) is 2.53. The molecule has 2 nitrogen and oxygen atoms in total. The summed E-state index contributed by atoms with van der Waals surface area (Å²) in [5.41, 5.74) is -0.876. The molecule has 0 aromatic heterocycles. The summed E-state index contributed by atoms with van der Waals surface area (Å²) < 4.78 is 40.8. The summed E-state index contributed by atoms with van der Waals surface area (Å²) in [6, 6.07) is 13.2. The number of halogens is 4. The topological polar surface area (TPSA) is 24.1 Å². The van der Waals surface area contributed by atoms with Gasteiger partial charge in [0.05, 0.1) is 11.4 Å². The lowest BCUT2D eigenvalue weighted by atomic mass is 9.99. The molecule has 0 fully saturated rings.